The molecule has 125 valence electrons. The van der Waals surface area contributed by atoms with Gasteiger partial charge in [0.1, 0.15) is 5.75 Å². The minimum Gasteiger partial charge on any atom is -0.429 e. The van der Waals surface area contributed by atoms with Crippen molar-refractivity contribution in [3.05, 3.63) is 89.5 Å². The number of benzene rings is 3. The number of alkyl halides is 2. The highest BCUT2D eigenvalue weighted by atomic mass is 28.1. The summed E-state index contributed by atoms with van der Waals surface area (Å²) in [5.74, 6) is 0.143. The van der Waals surface area contributed by atoms with Gasteiger partial charge in [-0.2, -0.15) is 8.78 Å². The Balaban J connectivity index is 1.79. The lowest BCUT2D eigenvalue weighted by molar-refractivity contribution is -0.185. The molecule has 0 bridgehead atoms. The molecule has 0 spiro atoms. The fraction of sp³-hybridized carbons (Fsp3) is 0.143. The third-order valence-electron chi connectivity index (χ3n) is 3.98. The second-order valence-electron chi connectivity index (χ2n) is 5.88. The SMILES string of the molecule is Cc1ccc(OC(F)(F)c2ccc(-c3ccc(C[Si])cc3)cc2)cc1. The third-order valence-corrected chi connectivity index (χ3v) is 4.39. The molecular formula is C21H17F2OSi. The monoisotopic (exact) mass is 351 g/mol. The summed E-state index contributed by atoms with van der Waals surface area (Å²) in [7, 11) is 3.45. The molecule has 0 fully saturated rings. The zero-order valence-electron chi connectivity index (χ0n) is 13.8. The van der Waals surface area contributed by atoms with Crippen molar-refractivity contribution >= 4 is 10.2 Å². The van der Waals surface area contributed by atoms with Crippen molar-refractivity contribution in [1.82, 2.24) is 0 Å². The fourth-order valence-corrected chi connectivity index (χ4v) is 2.72. The lowest BCUT2D eigenvalue weighted by Gasteiger charge is -2.18. The number of hydrogen-bond donors (Lipinski definition) is 0. The molecule has 0 amide bonds. The van der Waals surface area contributed by atoms with Gasteiger partial charge in [0.15, 0.2) is 0 Å². The van der Waals surface area contributed by atoms with Crippen molar-refractivity contribution in [3.63, 3.8) is 0 Å². The normalized spacial score (nSPS) is 11.4. The number of hydrogen-bond acceptors (Lipinski definition) is 1. The van der Waals surface area contributed by atoms with Gasteiger partial charge in [0.2, 0.25) is 0 Å². The van der Waals surface area contributed by atoms with Crippen molar-refractivity contribution in [3.8, 4) is 16.9 Å². The molecule has 3 aromatic rings. The zero-order valence-corrected chi connectivity index (χ0v) is 14.8. The molecule has 0 aliphatic heterocycles. The number of halogens is 2. The molecule has 0 aliphatic rings. The molecule has 0 heterocycles. The van der Waals surface area contributed by atoms with Crippen LogP contribution in [0.2, 0.25) is 0 Å². The predicted molar refractivity (Wildman–Crippen MR) is 97.0 cm³/mol. The molecule has 0 saturated heterocycles. The van der Waals surface area contributed by atoms with E-state index in [0.29, 0.717) is 0 Å². The number of ether oxygens (including phenoxy) is 1. The van der Waals surface area contributed by atoms with E-state index in [1.165, 1.54) is 12.1 Å². The first-order valence-electron chi connectivity index (χ1n) is 7.96. The van der Waals surface area contributed by atoms with Gasteiger partial charge in [-0.25, -0.2) is 0 Å². The maximum absolute atomic E-state index is 14.3. The molecule has 3 aromatic carbocycles. The topological polar surface area (TPSA) is 9.23 Å². The quantitative estimate of drug-likeness (QED) is 0.555. The minimum absolute atomic E-state index is 0.143. The highest BCUT2D eigenvalue weighted by molar-refractivity contribution is 6.08. The Bertz CT molecular complexity index is 825. The Morgan fingerprint density at radius 1 is 0.800 bits per heavy atom. The maximum atomic E-state index is 14.3. The van der Waals surface area contributed by atoms with Crippen molar-refractivity contribution in [2.24, 2.45) is 0 Å². The van der Waals surface area contributed by atoms with Crippen LogP contribution < -0.4 is 4.74 Å². The summed E-state index contributed by atoms with van der Waals surface area (Å²) in [4.78, 5) is 0. The molecule has 0 unspecified atom stereocenters. The molecule has 0 atom stereocenters. The van der Waals surface area contributed by atoms with Crippen LogP contribution in [-0.4, -0.2) is 10.2 Å². The van der Waals surface area contributed by atoms with Gasteiger partial charge in [-0.3, -0.25) is 0 Å². The summed E-state index contributed by atoms with van der Waals surface area (Å²) >= 11 is 0. The van der Waals surface area contributed by atoms with E-state index in [4.69, 9.17) is 4.74 Å². The van der Waals surface area contributed by atoms with Crippen LogP contribution in [0.25, 0.3) is 11.1 Å². The summed E-state index contributed by atoms with van der Waals surface area (Å²) in [5, 5.41) is 0. The van der Waals surface area contributed by atoms with Gasteiger partial charge in [0, 0.05) is 10.2 Å². The van der Waals surface area contributed by atoms with E-state index in [9.17, 15) is 8.78 Å². The molecule has 1 nitrogen and oxygen atoms in total. The highest BCUT2D eigenvalue weighted by Gasteiger charge is 2.34. The van der Waals surface area contributed by atoms with E-state index >= 15 is 0 Å². The summed E-state index contributed by atoms with van der Waals surface area (Å²) < 4.78 is 33.6. The van der Waals surface area contributed by atoms with Crippen LogP contribution in [0.1, 0.15) is 16.7 Å². The Labute approximate surface area is 149 Å². The van der Waals surface area contributed by atoms with Crippen LogP contribution in [-0.2, 0) is 12.2 Å². The van der Waals surface area contributed by atoms with Gasteiger partial charge in [-0.1, -0.05) is 59.7 Å². The Morgan fingerprint density at radius 3 is 1.84 bits per heavy atom. The minimum atomic E-state index is -3.38. The number of aryl methyl sites for hydroxylation is 1. The first-order chi connectivity index (χ1) is 12.0. The van der Waals surface area contributed by atoms with Gasteiger partial charge < -0.3 is 4.74 Å². The molecule has 0 saturated carbocycles. The van der Waals surface area contributed by atoms with E-state index < -0.39 is 6.11 Å². The standard InChI is InChI=1S/C21H17F2OSi/c1-15-2-12-20(13-3-15)24-21(22,23)19-10-8-18(9-11-19)17-6-4-16(14-25)5-7-17/h2-13H,14H2,1H3. The molecule has 0 aromatic heterocycles. The van der Waals surface area contributed by atoms with Crippen LogP contribution in [0.3, 0.4) is 0 Å². The molecule has 3 radical (unpaired) electrons. The summed E-state index contributed by atoms with van der Waals surface area (Å²) in [6.07, 6.45) is -3.38. The van der Waals surface area contributed by atoms with Crippen molar-refractivity contribution in [2.45, 2.75) is 19.1 Å². The lowest BCUT2D eigenvalue weighted by atomic mass is 10.0. The summed E-state index contributed by atoms with van der Waals surface area (Å²) in [6.45, 7) is 1.89. The summed E-state index contributed by atoms with van der Waals surface area (Å²) in [6, 6.07) is 21.5. The van der Waals surface area contributed by atoms with Gasteiger partial charge >= 0.3 is 6.11 Å². The molecule has 4 heteroatoms. The Kier molecular flexibility index (Phi) is 5.00. The molecular weight excluding hydrogens is 334 g/mol. The van der Waals surface area contributed by atoms with Crippen LogP contribution in [0, 0.1) is 6.92 Å². The van der Waals surface area contributed by atoms with E-state index in [-0.39, 0.29) is 11.3 Å². The first kappa shape index (κ1) is 17.4. The zero-order chi connectivity index (χ0) is 17.9. The molecule has 3 rings (SSSR count). The van der Waals surface area contributed by atoms with Crippen LogP contribution in [0.4, 0.5) is 8.78 Å². The van der Waals surface area contributed by atoms with Gasteiger partial charge in [-0.15, -0.1) is 0 Å². The average molecular weight is 351 g/mol. The molecule has 0 aliphatic carbocycles. The number of rotatable bonds is 5. The second kappa shape index (κ2) is 7.19. The van der Waals surface area contributed by atoms with E-state index in [1.807, 2.05) is 31.2 Å². The first-order valence-corrected chi connectivity index (χ1v) is 8.66. The van der Waals surface area contributed by atoms with Crippen molar-refractivity contribution < 1.29 is 13.5 Å². The van der Waals surface area contributed by atoms with Crippen molar-refractivity contribution in [1.29, 1.82) is 0 Å². The van der Waals surface area contributed by atoms with Gasteiger partial charge in [0.25, 0.3) is 0 Å². The Hall–Kier alpha value is -2.46. The van der Waals surface area contributed by atoms with Crippen LogP contribution in [0.5, 0.6) is 5.75 Å². The average Bonchev–Trinajstić information content (AvgIpc) is 2.64. The molecule has 25 heavy (non-hydrogen) atoms. The van der Waals surface area contributed by atoms with Crippen molar-refractivity contribution in [2.75, 3.05) is 0 Å². The predicted octanol–water partition coefficient (Wildman–Crippen LogP) is 5.46. The van der Waals surface area contributed by atoms with E-state index in [1.54, 1.807) is 36.4 Å². The van der Waals surface area contributed by atoms with Gasteiger partial charge in [-0.05, 0) is 48.4 Å². The largest absolute Gasteiger partial charge is 0.429 e. The lowest BCUT2D eigenvalue weighted by Crippen LogP contribution is -2.21. The highest BCUT2D eigenvalue weighted by Crippen LogP contribution is 2.33. The smallest absolute Gasteiger partial charge is 0.426 e. The van der Waals surface area contributed by atoms with Gasteiger partial charge in [0.05, 0.1) is 5.56 Å². The van der Waals surface area contributed by atoms with Crippen LogP contribution in [0.15, 0.2) is 72.8 Å². The third kappa shape index (κ3) is 4.14. The van der Waals surface area contributed by atoms with E-state index in [0.717, 1.165) is 28.3 Å². The fourth-order valence-electron chi connectivity index (χ4n) is 2.49. The van der Waals surface area contributed by atoms with E-state index in [2.05, 4.69) is 10.2 Å². The summed E-state index contributed by atoms with van der Waals surface area (Å²) in [5.41, 5.74) is 3.85. The maximum Gasteiger partial charge on any atom is 0.426 e. The second-order valence-corrected chi connectivity index (χ2v) is 6.24. The molecule has 0 N–H and O–H groups in total. The Morgan fingerprint density at radius 2 is 1.32 bits per heavy atom. The van der Waals surface area contributed by atoms with Crippen LogP contribution >= 0.6 is 0 Å².